The van der Waals surface area contributed by atoms with E-state index in [1.54, 1.807) is 5.56 Å². The van der Waals surface area contributed by atoms with Crippen molar-refractivity contribution in [1.82, 2.24) is 0 Å². The molecule has 1 aliphatic carbocycles. The van der Waals surface area contributed by atoms with Crippen molar-refractivity contribution < 1.29 is 4.42 Å². The Hall–Kier alpha value is -4.44. The standard InChI is InChI=1S/C43H41BN2O/c1-26-23-35-38-36(24-26)46-39-30(42(5)21-9-10-22-43(42,46)6)15-12-16-31(39)44(38)32-25-27(41(2,3)4)19-20-33(32)45(35)34-17-11-14-29-28-13-7-8-18-37(28)47-40(29)34/h7-8,11-20,23-25H,9-10,21-22H2,1-6H3. The van der Waals surface area contributed by atoms with Gasteiger partial charge in [-0.1, -0.05) is 101 Å². The van der Waals surface area contributed by atoms with Gasteiger partial charge in [0.2, 0.25) is 0 Å². The fourth-order valence-electron chi connectivity index (χ4n) is 10.1. The average molecular weight is 613 g/mol. The number of anilines is 5. The summed E-state index contributed by atoms with van der Waals surface area (Å²) in [5.41, 5.74) is 17.0. The number of fused-ring (bicyclic) bond motifs is 10. The van der Waals surface area contributed by atoms with Crippen LogP contribution in [0.3, 0.4) is 0 Å². The first-order valence-corrected chi connectivity index (χ1v) is 17.5. The summed E-state index contributed by atoms with van der Waals surface area (Å²) < 4.78 is 6.73. The first kappa shape index (κ1) is 27.7. The first-order valence-electron chi connectivity index (χ1n) is 17.5. The van der Waals surface area contributed by atoms with Gasteiger partial charge < -0.3 is 14.2 Å². The maximum atomic E-state index is 6.73. The Labute approximate surface area is 278 Å². The highest BCUT2D eigenvalue weighted by Crippen LogP contribution is 2.61. The second kappa shape index (κ2) is 8.92. The molecule has 0 bridgehead atoms. The van der Waals surface area contributed by atoms with Gasteiger partial charge in [-0.25, -0.2) is 0 Å². The molecule has 0 amide bonds. The van der Waals surface area contributed by atoms with E-state index in [4.69, 9.17) is 4.42 Å². The summed E-state index contributed by atoms with van der Waals surface area (Å²) in [6, 6.07) is 34.6. The highest BCUT2D eigenvalue weighted by atomic mass is 16.3. The topological polar surface area (TPSA) is 19.6 Å². The van der Waals surface area contributed by atoms with Gasteiger partial charge in [0, 0.05) is 38.9 Å². The molecule has 4 heteroatoms. The van der Waals surface area contributed by atoms with Crippen molar-refractivity contribution in [2.24, 2.45) is 0 Å². The molecule has 2 unspecified atom stereocenters. The Morgan fingerprint density at radius 1 is 0.723 bits per heavy atom. The highest BCUT2D eigenvalue weighted by molar-refractivity contribution is 7.00. The van der Waals surface area contributed by atoms with Crippen LogP contribution < -0.4 is 26.2 Å². The van der Waals surface area contributed by atoms with Gasteiger partial charge in [-0.3, -0.25) is 0 Å². The van der Waals surface area contributed by atoms with E-state index < -0.39 is 0 Å². The van der Waals surface area contributed by atoms with Crippen LogP contribution in [0, 0.1) is 6.92 Å². The van der Waals surface area contributed by atoms with Crippen molar-refractivity contribution in [2.45, 2.75) is 83.6 Å². The van der Waals surface area contributed by atoms with Crippen LogP contribution in [-0.4, -0.2) is 12.3 Å². The molecule has 10 rings (SSSR count). The fourth-order valence-corrected chi connectivity index (χ4v) is 10.1. The van der Waals surface area contributed by atoms with Gasteiger partial charge in [-0.15, -0.1) is 0 Å². The zero-order valence-corrected chi connectivity index (χ0v) is 28.4. The van der Waals surface area contributed by atoms with Crippen LogP contribution >= 0.6 is 0 Å². The Bertz CT molecular complexity index is 2330. The quantitative estimate of drug-likeness (QED) is 0.172. The van der Waals surface area contributed by atoms with E-state index in [2.05, 4.69) is 142 Å². The molecule has 1 aromatic heterocycles. The predicted molar refractivity (Wildman–Crippen MR) is 199 cm³/mol. The van der Waals surface area contributed by atoms with Gasteiger partial charge in [0.25, 0.3) is 6.71 Å². The molecule has 0 N–H and O–H groups in total. The van der Waals surface area contributed by atoms with E-state index in [1.165, 1.54) is 75.9 Å². The lowest BCUT2D eigenvalue weighted by Crippen LogP contribution is -2.64. The molecule has 47 heavy (non-hydrogen) atoms. The lowest BCUT2D eigenvalue weighted by molar-refractivity contribution is 0.195. The summed E-state index contributed by atoms with van der Waals surface area (Å²) >= 11 is 0. The summed E-state index contributed by atoms with van der Waals surface area (Å²) in [6.07, 6.45) is 5.02. The lowest BCUT2D eigenvalue weighted by Gasteiger charge is -2.52. The van der Waals surface area contributed by atoms with Crippen molar-refractivity contribution in [3.05, 3.63) is 108 Å². The van der Waals surface area contributed by atoms with Crippen molar-refractivity contribution in [3.8, 4) is 0 Å². The van der Waals surface area contributed by atoms with Crippen LogP contribution in [0.1, 0.15) is 77.0 Å². The third-order valence-corrected chi connectivity index (χ3v) is 12.6. The Morgan fingerprint density at radius 2 is 1.49 bits per heavy atom. The second-order valence-corrected chi connectivity index (χ2v) is 16.2. The molecule has 4 aliphatic rings. The largest absolute Gasteiger partial charge is 0.454 e. The number of aryl methyl sites for hydroxylation is 1. The monoisotopic (exact) mass is 612 g/mol. The van der Waals surface area contributed by atoms with Crippen LogP contribution in [0.25, 0.3) is 21.9 Å². The first-order chi connectivity index (χ1) is 22.6. The molecular weight excluding hydrogens is 571 g/mol. The fraction of sp³-hybridized carbons (Fsp3) is 0.302. The SMILES string of the molecule is Cc1cc2c3c(c1)N1c4c(cccc4C4(C)CCCCC14C)B3c1cc(C(C)(C)C)ccc1N2c1cccc2c1oc1ccccc12. The molecule has 4 heterocycles. The molecule has 3 nitrogen and oxygen atoms in total. The zero-order chi connectivity index (χ0) is 32.0. The summed E-state index contributed by atoms with van der Waals surface area (Å²) in [5, 5.41) is 2.33. The van der Waals surface area contributed by atoms with Gasteiger partial charge in [-0.2, -0.15) is 0 Å². The number of benzene rings is 5. The molecular formula is C43H41BN2O. The van der Waals surface area contributed by atoms with Crippen LogP contribution in [-0.2, 0) is 10.8 Å². The predicted octanol–water partition coefficient (Wildman–Crippen LogP) is 9.55. The van der Waals surface area contributed by atoms with Gasteiger partial charge in [-0.05, 0) is 95.5 Å². The molecule has 0 radical (unpaired) electrons. The molecule has 1 fully saturated rings. The van der Waals surface area contributed by atoms with E-state index in [0.29, 0.717) is 0 Å². The molecule has 0 saturated heterocycles. The van der Waals surface area contributed by atoms with Crippen LogP contribution in [0.15, 0.2) is 95.4 Å². The van der Waals surface area contributed by atoms with Crippen molar-refractivity contribution in [3.63, 3.8) is 0 Å². The third kappa shape index (κ3) is 3.34. The van der Waals surface area contributed by atoms with Gasteiger partial charge >= 0.3 is 0 Å². The minimum atomic E-state index is 0.0212. The average Bonchev–Trinajstić information content (AvgIpc) is 3.53. The van der Waals surface area contributed by atoms with E-state index in [9.17, 15) is 0 Å². The molecule has 5 aromatic carbocycles. The number of furan rings is 1. The minimum Gasteiger partial charge on any atom is -0.454 e. The normalized spacial score (nSPS) is 22.4. The molecule has 3 aliphatic heterocycles. The number of hydrogen-bond acceptors (Lipinski definition) is 3. The lowest BCUT2D eigenvalue weighted by atomic mass is 9.33. The minimum absolute atomic E-state index is 0.0212. The summed E-state index contributed by atoms with van der Waals surface area (Å²) in [5.74, 6) is 0. The van der Waals surface area contributed by atoms with Crippen molar-refractivity contribution in [1.29, 1.82) is 0 Å². The highest BCUT2D eigenvalue weighted by Gasteiger charge is 2.61. The molecule has 1 saturated carbocycles. The molecule has 6 aromatic rings. The number of hydrogen-bond donors (Lipinski definition) is 0. The van der Waals surface area contributed by atoms with E-state index in [0.717, 1.165) is 27.6 Å². The Kier molecular flexibility index (Phi) is 5.25. The number of rotatable bonds is 1. The summed E-state index contributed by atoms with van der Waals surface area (Å²) in [7, 11) is 0. The van der Waals surface area contributed by atoms with Gasteiger partial charge in [0.05, 0.1) is 11.2 Å². The van der Waals surface area contributed by atoms with Crippen molar-refractivity contribution >= 4 is 73.5 Å². The van der Waals surface area contributed by atoms with Gasteiger partial charge in [0.1, 0.15) is 5.58 Å². The zero-order valence-electron chi connectivity index (χ0n) is 28.4. The van der Waals surface area contributed by atoms with E-state index in [1.807, 2.05) is 0 Å². The van der Waals surface area contributed by atoms with Gasteiger partial charge in [0.15, 0.2) is 5.58 Å². The molecule has 232 valence electrons. The van der Waals surface area contributed by atoms with Crippen LogP contribution in [0.2, 0.25) is 0 Å². The Morgan fingerprint density at radius 3 is 2.34 bits per heavy atom. The molecule has 2 atom stereocenters. The Balaban J connectivity index is 1.34. The van der Waals surface area contributed by atoms with E-state index >= 15 is 0 Å². The number of nitrogens with zero attached hydrogens (tertiary/aromatic N) is 2. The summed E-state index contributed by atoms with van der Waals surface area (Å²) in [4.78, 5) is 5.35. The maximum absolute atomic E-state index is 6.73. The van der Waals surface area contributed by atoms with Crippen LogP contribution in [0.5, 0.6) is 0 Å². The molecule has 0 spiro atoms. The smallest absolute Gasteiger partial charge is 0.252 e. The maximum Gasteiger partial charge on any atom is 0.252 e. The van der Waals surface area contributed by atoms with Crippen LogP contribution in [0.4, 0.5) is 28.4 Å². The third-order valence-electron chi connectivity index (χ3n) is 12.6. The van der Waals surface area contributed by atoms with E-state index in [-0.39, 0.29) is 23.1 Å². The number of para-hydroxylation sites is 3. The van der Waals surface area contributed by atoms with Crippen molar-refractivity contribution in [2.75, 3.05) is 9.80 Å². The summed E-state index contributed by atoms with van der Waals surface area (Å²) in [6.45, 7) is 14.6. The second-order valence-electron chi connectivity index (χ2n) is 16.2.